The monoisotopic (exact) mass is 357 g/mol. The summed E-state index contributed by atoms with van der Waals surface area (Å²) in [5, 5.41) is 0. The van der Waals surface area contributed by atoms with Gasteiger partial charge in [-0.3, -0.25) is 4.79 Å². The fraction of sp³-hybridized carbons (Fsp3) is 0.250. The highest BCUT2D eigenvalue weighted by Crippen LogP contribution is 2.17. The second-order valence-corrected chi connectivity index (χ2v) is 8.48. The number of nitrogens with zero attached hydrogens (tertiary/aromatic N) is 1. The van der Waals surface area contributed by atoms with E-state index in [1.807, 2.05) is 12.1 Å². The average Bonchev–Trinajstić information content (AvgIpc) is 2.60. The van der Waals surface area contributed by atoms with Gasteiger partial charge in [0.05, 0.1) is 4.90 Å². The summed E-state index contributed by atoms with van der Waals surface area (Å²) in [6.07, 6.45) is 3.26. The zero-order chi connectivity index (χ0) is 18.6. The van der Waals surface area contributed by atoms with E-state index in [1.54, 1.807) is 6.08 Å². The van der Waals surface area contributed by atoms with E-state index >= 15 is 0 Å². The maximum absolute atomic E-state index is 12.2. The lowest BCUT2D eigenvalue weighted by molar-refractivity contribution is 0.104. The first kappa shape index (κ1) is 19.1. The lowest BCUT2D eigenvalue weighted by Crippen LogP contribution is -2.22. The van der Waals surface area contributed by atoms with Crippen LogP contribution in [0, 0.1) is 0 Å². The molecule has 0 saturated heterocycles. The minimum atomic E-state index is -3.48. The van der Waals surface area contributed by atoms with Crippen molar-refractivity contribution >= 4 is 21.9 Å². The minimum absolute atomic E-state index is 0.165. The molecule has 0 fully saturated rings. The van der Waals surface area contributed by atoms with Gasteiger partial charge in [-0.15, -0.1) is 0 Å². The molecule has 0 aliphatic rings. The van der Waals surface area contributed by atoms with Gasteiger partial charge in [0, 0.05) is 19.7 Å². The predicted molar refractivity (Wildman–Crippen MR) is 101 cm³/mol. The van der Waals surface area contributed by atoms with Crippen LogP contribution >= 0.6 is 0 Å². The van der Waals surface area contributed by atoms with Crippen LogP contribution in [0.25, 0.3) is 6.08 Å². The topological polar surface area (TPSA) is 54.5 Å². The maximum atomic E-state index is 12.2. The fourth-order valence-electron chi connectivity index (χ4n) is 2.26. The van der Waals surface area contributed by atoms with E-state index in [0.29, 0.717) is 11.5 Å². The Kier molecular flexibility index (Phi) is 5.93. The van der Waals surface area contributed by atoms with Gasteiger partial charge in [0.15, 0.2) is 5.78 Å². The molecular formula is C20H23NO3S. The van der Waals surface area contributed by atoms with Crippen molar-refractivity contribution in [2.45, 2.75) is 24.7 Å². The molecule has 0 N–H and O–H groups in total. The van der Waals surface area contributed by atoms with Crippen molar-refractivity contribution in [3.63, 3.8) is 0 Å². The van der Waals surface area contributed by atoms with Crippen molar-refractivity contribution in [3.05, 3.63) is 71.3 Å². The molecule has 2 aromatic rings. The van der Waals surface area contributed by atoms with Gasteiger partial charge in [-0.25, -0.2) is 12.7 Å². The number of carbonyl (C=O) groups is 1. The molecule has 0 aliphatic carbocycles. The second kappa shape index (κ2) is 7.76. The molecular weight excluding hydrogens is 334 g/mol. The molecule has 2 aromatic carbocycles. The number of benzene rings is 2. The number of hydrogen-bond donors (Lipinski definition) is 0. The summed E-state index contributed by atoms with van der Waals surface area (Å²) in [6, 6.07) is 14.0. The van der Waals surface area contributed by atoms with Crippen LogP contribution in [0.15, 0.2) is 59.5 Å². The standard InChI is InChI=1S/C20H23NO3S/c1-15(2)17-8-5-16(6-9-17)7-14-20(22)18-10-12-19(13-11-18)25(23,24)21(3)4/h5-15H,1-4H3/b14-7+. The number of carbonyl (C=O) groups excluding carboxylic acids is 1. The lowest BCUT2D eigenvalue weighted by Gasteiger charge is -2.11. The van der Waals surface area contributed by atoms with Gasteiger partial charge in [0.1, 0.15) is 0 Å². The van der Waals surface area contributed by atoms with Crippen LogP contribution in [0.1, 0.15) is 41.3 Å². The molecule has 0 atom stereocenters. The Hall–Kier alpha value is -2.24. The Labute approximate surface area is 149 Å². The molecule has 5 heteroatoms. The van der Waals surface area contributed by atoms with Crippen molar-refractivity contribution in [1.82, 2.24) is 4.31 Å². The third-order valence-corrected chi connectivity index (χ3v) is 5.78. The summed E-state index contributed by atoms with van der Waals surface area (Å²) in [6.45, 7) is 4.27. The maximum Gasteiger partial charge on any atom is 0.242 e. The average molecular weight is 357 g/mol. The first-order valence-electron chi connectivity index (χ1n) is 8.07. The lowest BCUT2D eigenvalue weighted by atomic mass is 10.0. The smallest absolute Gasteiger partial charge is 0.242 e. The van der Waals surface area contributed by atoms with E-state index in [4.69, 9.17) is 0 Å². The number of sulfonamides is 1. The first-order valence-corrected chi connectivity index (χ1v) is 9.51. The third kappa shape index (κ3) is 4.65. The van der Waals surface area contributed by atoms with Gasteiger partial charge in [-0.05, 0) is 47.4 Å². The van der Waals surface area contributed by atoms with E-state index in [-0.39, 0.29) is 10.7 Å². The number of hydrogen-bond acceptors (Lipinski definition) is 3. The Morgan fingerprint density at radius 1 is 0.960 bits per heavy atom. The van der Waals surface area contributed by atoms with Crippen molar-refractivity contribution in [3.8, 4) is 0 Å². The zero-order valence-corrected chi connectivity index (χ0v) is 15.7. The highest BCUT2D eigenvalue weighted by molar-refractivity contribution is 7.89. The Bertz CT molecular complexity index is 862. The molecule has 4 nitrogen and oxygen atoms in total. The first-order chi connectivity index (χ1) is 11.7. The van der Waals surface area contributed by atoms with Crippen molar-refractivity contribution in [1.29, 1.82) is 0 Å². The molecule has 0 spiro atoms. The molecule has 25 heavy (non-hydrogen) atoms. The molecule has 0 bridgehead atoms. The van der Waals surface area contributed by atoms with E-state index in [1.165, 1.54) is 50.0 Å². The largest absolute Gasteiger partial charge is 0.289 e. The van der Waals surface area contributed by atoms with Crippen LogP contribution in [-0.4, -0.2) is 32.6 Å². The van der Waals surface area contributed by atoms with Gasteiger partial charge in [-0.2, -0.15) is 0 Å². The molecule has 2 rings (SSSR count). The normalized spacial score (nSPS) is 12.2. The van der Waals surface area contributed by atoms with Crippen molar-refractivity contribution < 1.29 is 13.2 Å². The summed E-state index contributed by atoms with van der Waals surface area (Å²) in [7, 11) is -0.534. The van der Waals surface area contributed by atoms with E-state index < -0.39 is 10.0 Å². The SMILES string of the molecule is CC(C)c1ccc(/C=C/C(=O)c2ccc(S(=O)(=O)N(C)C)cc2)cc1. The summed E-state index contributed by atoms with van der Waals surface area (Å²) in [4.78, 5) is 12.4. The van der Waals surface area contributed by atoms with Crippen LogP contribution in [0.4, 0.5) is 0 Å². The van der Waals surface area contributed by atoms with Crippen molar-refractivity contribution in [2.24, 2.45) is 0 Å². The Balaban J connectivity index is 2.13. The molecule has 0 radical (unpaired) electrons. The van der Waals surface area contributed by atoms with Crippen LogP contribution in [0.2, 0.25) is 0 Å². The summed E-state index contributed by atoms with van der Waals surface area (Å²) in [5.74, 6) is 0.304. The van der Waals surface area contributed by atoms with Gasteiger partial charge in [0.2, 0.25) is 10.0 Å². The van der Waals surface area contributed by atoms with Crippen LogP contribution < -0.4 is 0 Å². The number of rotatable bonds is 6. The number of allylic oxidation sites excluding steroid dienone is 1. The Morgan fingerprint density at radius 3 is 2.00 bits per heavy atom. The van der Waals surface area contributed by atoms with Crippen LogP contribution in [0.5, 0.6) is 0 Å². The predicted octanol–water partition coefficient (Wildman–Crippen LogP) is 3.96. The molecule has 0 unspecified atom stereocenters. The fourth-order valence-corrected chi connectivity index (χ4v) is 3.16. The highest BCUT2D eigenvalue weighted by Gasteiger charge is 2.17. The molecule has 0 aliphatic heterocycles. The number of ketones is 1. The quantitative estimate of drug-likeness (QED) is 0.581. The summed E-state index contributed by atoms with van der Waals surface area (Å²) < 4.78 is 25.2. The van der Waals surface area contributed by atoms with Crippen LogP contribution in [-0.2, 0) is 10.0 Å². The van der Waals surface area contributed by atoms with Gasteiger partial charge in [0.25, 0.3) is 0 Å². The molecule has 0 heterocycles. The second-order valence-electron chi connectivity index (χ2n) is 6.33. The highest BCUT2D eigenvalue weighted by atomic mass is 32.2. The molecule has 0 aromatic heterocycles. The van der Waals surface area contributed by atoms with E-state index in [2.05, 4.69) is 26.0 Å². The van der Waals surface area contributed by atoms with Gasteiger partial charge < -0.3 is 0 Å². The zero-order valence-electron chi connectivity index (χ0n) is 14.9. The molecule has 132 valence electrons. The molecule has 0 saturated carbocycles. The summed E-state index contributed by atoms with van der Waals surface area (Å²) in [5.41, 5.74) is 2.65. The third-order valence-electron chi connectivity index (χ3n) is 3.95. The van der Waals surface area contributed by atoms with Gasteiger partial charge >= 0.3 is 0 Å². The Morgan fingerprint density at radius 2 is 1.52 bits per heavy atom. The minimum Gasteiger partial charge on any atom is -0.289 e. The summed E-state index contributed by atoms with van der Waals surface area (Å²) >= 11 is 0. The van der Waals surface area contributed by atoms with E-state index in [0.717, 1.165) is 9.87 Å². The molecule has 0 amide bonds. The van der Waals surface area contributed by atoms with Crippen molar-refractivity contribution in [2.75, 3.05) is 14.1 Å². The van der Waals surface area contributed by atoms with Gasteiger partial charge in [-0.1, -0.05) is 44.2 Å². The van der Waals surface area contributed by atoms with Crippen LogP contribution in [0.3, 0.4) is 0 Å². The van der Waals surface area contributed by atoms with E-state index in [9.17, 15) is 13.2 Å².